The van der Waals surface area contributed by atoms with E-state index >= 15 is 0 Å². The van der Waals surface area contributed by atoms with Crippen LogP contribution in [0.3, 0.4) is 0 Å². The fourth-order valence-electron chi connectivity index (χ4n) is 2.56. The van der Waals surface area contributed by atoms with E-state index in [0.717, 1.165) is 5.56 Å². The van der Waals surface area contributed by atoms with E-state index in [9.17, 15) is 14.4 Å². The van der Waals surface area contributed by atoms with Crippen molar-refractivity contribution in [3.63, 3.8) is 0 Å². The van der Waals surface area contributed by atoms with Gasteiger partial charge in [0.15, 0.2) is 5.78 Å². The molecule has 0 aliphatic heterocycles. The Morgan fingerprint density at radius 3 is 2.50 bits per heavy atom. The molecule has 0 saturated heterocycles. The smallest absolute Gasteiger partial charge is 0.339 e. The molecule has 2 rings (SSSR count). The third-order valence-electron chi connectivity index (χ3n) is 3.79. The van der Waals surface area contributed by atoms with Crippen molar-refractivity contribution in [3.05, 3.63) is 58.4 Å². The van der Waals surface area contributed by atoms with Crippen molar-refractivity contribution in [3.8, 4) is 11.8 Å². The first kappa shape index (κ1) is 19.0. The van der Waals surface area contributed by atoms with Crippen LogP contribution in [0.2, 0.25) is 0 Å². The molecule has 0 atom stereocenters. The van der Waals surface area contributed by atoms with E-state index < -0.39 is 5.97 Å². The van der Waals surface area contributed by atoms with Crippen LogP contribution in [0, 0.1) is 18.8 Å². The Kier molecular flexibility index (Phi) is 6.34. The van der Waals surface area contributed by atoms with Crippen molar-refractivity contribution in [1.29, 1.82) is 0 Å². The molecule has 0 bridgehead atoms. The number of aromatic amines is 1. The van der Waals surface area contributed by atoms with Crippen LogP contribution in [0.5, 0.6) is 0 Å². The molecule has 6 nitrogen and oxygen atoms in total. The molecular formula is C20H20N2O4. The summed E-state index contributed by atoms with van der Waals surface area (Å²) in [7, 11) is 1.26. The molecule has 1 aromatic carbocycles. The first-order valence-corrected chi connectivity index (χ1v) is 8.05. The molecule has 0 unspecified atom stereocenters. The van der Waals surface area contributed by atoms with Crippen LogP contribution in [-0.4, -0.2) is 36.3 Å². The largest absolute Gasteiger partial charge is 0.465 e. The second-order valence-corrected chi connectivity index (χ2v) is 5.65. The summed E-state index contributed by atoms with van der Waals surface area (Å²) in [6.07, 6.45) is -0.0778. The maximum Gasteiger partial charge on any atom is 0.339 e. The van der Waals surface area contributed by atoms with Crippen molar-refractivity contribution < 1.29 is 19.1 Å². The van der Waals surface area contributed by atoms with Crippen molar-refractivity contribution in [1.82, 2.24) is 10.3 Å². The van der Waals surface area contributed by atoms with Crippen molar-refractivity contribution in [2.24, 2.45) is 0 Å². The number of aromatic nitrogens is 1. The molecule has 1 amide bonds. The maximum atomic E-state index is 12.1. The lowest BCUT2D eigenvalue weighted by molar-refractivity contribution is -0.120. The maximum absolute atomic E-state index is 12.1. The highest BCUT2D eigenvalue weighted by atomic mass is 16.5. The fourth-order valence-corrected chi connectivity index (χ4v) is 2.56. The van der Waals surface area contributed by atoms with Crippen LogP contribution < -0.4 is 5.32 Å². The van der Waals surface area contributed by atoms with E-state index in [1.54, 1.807) is 6.92 Å². The Labute approximate surface area is 151 Å². The summed E-state index contributed by atoms with van der Waals surface area (Å²) in [6.45, 7) is 3.22. The highest BCUT2D eigenvalue weighted by molar-refractivity contribution is 6.01. The molecule has 2 aromatic rings. The number of carbonyl (C=O) groups excluding carboxylic acids is 3. The van der Waals surface area contributed by atoms with Crippen LogP contribution >= 0.6 is 0 Å². The lowest BCUT2D eigenvalue weighted by Crippen LogP contribution is -2.26. The Balaban J connectivity index is 2.06. The molecule has 0 saturated carbocycles. The topological polar surface area (TPSA) is 88.3 Å². The number of amides is 1. The quantitative estimate of drug-likeness (QED) is 0.490. The summed E-state index contributed by atoms with van der Waals surface area (Å²) in [6, 6.07) is 9.43. The van der Waals surface area contributed by atoms with Crippen LogP contribution in [0.15, 0.2) is 30.3 Å². The second-order valence-electron chi connectivity index (χ2n) is 5.65. The van der Waals surface area contributed by atoms with E-state index in [0.29, 0.717) is 17.0 Å². The Morgan fingerprint density at radius 2 is 1.88 bits per heavy atom. The lowest BCUT2D eigenvalue weighted by Gasteiger charge is -2.04. The average Bonchev–Trinajstić information content (AvgIpc) is 2.95. The molecule has 2 N–H and O–H groups in total. The molecule has 0 aliphatic rings. The van der Waals surface area contributed by atoms with Gasteiger partial charge in [-0.2, -0.15) is 0 Å². The first-order valence-electron chi connectivity index (χ1n) is 8.05. The normalized spacial score (nSPS) is 9.81. The van der Waals surface area contributed by atoms with Crippen molar-refractivity contribution in [2.45, 2.75) is 20.3 Å². The van der Waals surface area contributed by atoms with E-state index in [4.69, 9.17) is 4.74 Å². The summed E-state index contributed by atoms with van der Waals surface area (Å²) >= 11 is 0. The highest BCUT2D eigenvalue weighted by Gasteiger charge is 2.24. The Morgan fingerprint density at radius 1 is 1.19 bits per heavy atom. The van der Waals surface area contributed by atoms with Crippen molar-refractivity contribution >= 4 is 17.7 Å². The minimum absolute atomic E-state index is 0.0778. The predicted molar refractivity (Wildman–Crippen MR) is 96.9 cm³/mol. The number of H-pyrrole nitrogens is 1. The van der Waals surface area contributed by atoms with Crippen LogP contribution in [0.4, 0.5) is 0 Å². The molecule has 0 fully saturated rings. The van der Waals surface area contributed by atoms with Gasteiger partial charge in [0.25, 0.3) is 0 Å². The van der Waals surface area contributed by atoms with Gasteiger partial charge in [-0.15, -0.1) is 0 Å². The van der Waals surface area contributed by atoms with Crippen LogP contribution in [0.1, 0.15) is 44.6 Å². The van der Waals surface area contributed by atoms with Gasteiger partial charge in [0, 0.05) is 18.2 Å². The Hall–Kier alpha value is -3.33. The predicted octanol–water partition coefficient (Wildman–Crippen LogP) is 2.02. The van der Waals surface area contributed by atoms with Gasteiger partial charge in [0.1, 0.15) is 0 Å². The lowest BCUT2D eigenvalue weighted by atomic mass is 10.1. The molecule has 134 valence electrons. The number of ketones is 1. The third kappa shape index (κ3) is 4.61. The van der Waals surface area contributed by atoms with Gasteiger partial charge in [0.05, 0.1) is 31.3 Å². The average molecular weight is 352 g/mol. The number of methoxy groups -OCH3 is 1. The van der Waals surface area contributed by atoms with E-state index in [1.165, 1.54) is 14.0 Å². The Bertz CT molecular complexity index is 886. The molecule has 1 heterocycles. The number of Topliss-reactive ketones (excluding diaryl/α,β-unsaturated/α-hetero) is 1. The molecule has 0 spiro atoms. The second kappa shape index (κ2) is 8.67. The number of carbonyl (C=O) groups is 3. The number of nitrogens with one attached hydrogen (secondary N) is 2. The number of hydrogen-bond acceptors (Lipinski definition) is 4. The van der Waals surface area contributed by atoms with Gasteiger partial charge in [-0.05, 0) is 24.6 Å². The minimum atomic E-state index is -0.585. The van der Waals surface area contributed by atoms with Crippen molar-refractivity contribution in [2.75, 3.05) is 13.7 Å². The number of benzene rings is 1. The number of ether oxygens (including phenoxy) is 1. The molecular weight excluding hydrogens is 332 g/mol. The van der Waals surface area contributed by atoms with Gasteiger partial charge in [-0.25, -0.2) is 4.79 Å². The zero-order valence-corrected chi connectivity index (χ0v) is 14.9. The fraction of sp³-hybridized carbons (Fsp3) is 0.250. The molecule has 6 heteroatoms. The molecule has 0 radical (unpaired) electrons. The van der Waals surface area contributed by atoms with Gasteiger partial charge in [-0.1, -0.05) is 30.0 Å². The SMILES string of the molecule is COC(=O)c1c(CC(=O)NCC#Cc2ccccc2)[nH]c(C(C)=O)c1C. The standard InChI is InChI=1S/C20H20N2O4/c1-13-18(20(25)26-3)16(22-19(13)14(2)23)12-17(24)21-11-7-10-15-8-5-4-6-9-15/h4-6,8-9,22H,11-12H2,1-3H3,(H,21,24). The molecule has 0 aliphatic carbocycles. The summed E-state index contributed by atoms with van der Waals surface area (Å²) in [4.78, 5) is 38.7. The van der Waals surface area contributed by atoms with Gasteiger partial charge in [0.2, 0.25) is 5.91 Å². The van der Waals surface area contributed by atoms with Crippen LogP contribution in [0.25, 0.3) is 0 Å². The summed E-state index contributed by atoms with van der Waals surface area (Å²) < 4.78 is 4.76. The minimum Gasteiger partial charge on any atom is -0.465 e. The number of esters is 1. The highest BCUT2D eigenvalue weighted by Crippen LogP contribution is 2.20. The summed E-state index contributed by atoms with van der Waals surface area (Å²) in [5.41, 5.74) is 2.23. The summed E-state index contributed by atoms with van der Waals surface area (Å²) in [5, 5.41) is 2.67. The van der Waals surface area contributed by atoms with Gasteiger partial charge < -0.3 is 15.0 Å². The first-order chi connectivity index (χ1) is 12.4. The van der Waals surface area contributed by atoms with E-state index in [2.05, 4.69) is 22.1 Å². The molecule has 26 heavy (non-hydrogen) atoms. The number of hydrogen-bond donors (Lipinski definition) is 2. The van der Waals surface area contributed by atoms with Gasteiger partial charge >= 0.3 is 5.97 Å². The zero-order valence-electron chi connectivity index (χ0n) is 14.9. The van der Waals surface area contributed by atoms with Gasteiger partial charge in [-0.3, -0.25) is 9.59 Å². The van der Waals surface area contributed by atoms with Crippen LogP contribution in [-0.2, 0) is 16.0 Å². The number of rotatable bonds is 5. The monoisotopic (exact) mass is 352 g/mol. The molecule has 1 aromatic heterocycles. The summed E-state index contributed by atoms with van der Waals surface area (Å²) in [5.74, 6) is 4.69. The third-order valence-corrected chi connectivity index (χ3v) is 3.79. The van der Waals surface area contributed by atoms with E-state index in [1.807, 2.05) is 30.3 Å². The zero-order chi connectivity index (χ0) is 19.1. The van der Waals surface area contributed by atoms with E-state index in [-0.39, 0.29) is 30.2 Å².